The zero-order chi connectivity index (χ0) is 12.1. The van der Waals surface area contributed by atoms with Gasteiger partial charge in [0.05, 0.1) is 5.02 Å². The topological polar surface area (TPSA) is 21.3 Å². The van der Waals surface area contributed by atoms with Gasteiger partial charge in [-0.3, -0.25) is 0 Å². The van der Waals surface area contributed by atoms with E-state index >= 15 is 0 Å². The second kappa shape index (κ2) is 6.01. The number of alkyl halides is 2. The maximum Gasteiger partial charge on any atom is 0.387 e. The molecule has 0 unspecified atom stereocenters. The second-order valence-electron chi connectivity index (χ2n) is 3.68. The van der Waals surface area contributed by atoms with Crippen LogP contribution in [0.5, 0.6) is 5.75 Å². The van der Waals surface area contributed by atoms with Crippen molar-refractivity contribution in [3.63, 3.8) is 0 Å². The van der Waals surface area contributed by atoms with E-state index < -0.39 is 6.61 Å². The number of ether oxygens (including phenoxy) is 1. The lowest BCUT2D eigenvalue weighted by Crippen LogP contribution is -2.21. The van der Waals surface area contributed by atoms with Gasteiger partial charge in [0, 0.05) is 12.6 Å². The van der Waals surface area contributed by atoms with E-state index in [1.807, 2.05) is 13.8 Å². The number of hydrogen-bond donors (Lipinski definition) is 1. The van der Waals surface area contributed by atoms with Crippen LogP contribution < -0.4 is 10.1 Å². The highest BCUT2D eigenvalue weighted by Crippen LogP contribution is 2.26. The molecule has 0 fully saturated rings. The van der Waals surface area contributed by atoms with Crippen molar-refractivity contribution in [3.05, 3.63) is 28.8 Å². The van der Waals surface area contributed by atoms with Crippen LogP contribution in [0.4, 0.5) is 8.78 Å². The van der Waals surface area contributed by atoms with Crippen molar-refractivity contribution in [2.75, 3.05) is 0 Å². The molecular formula is C11H14ClF2NO. The average Bonchev–Trinajstić information content (AvgIpc) is 2.18. The molecule has 1 rings (SSSR count). The Morgan fingerprint density at radius 3 is 2.56 bits per heavy atom. The first-order chi connectivity index (χ1) is 7.49. The molecule has 0 bridgehead atoms. The van der Waals surface area contributed by atoms with Gasteiger partial charge in [-0.25, -0.2) is 0 Å². The van der Waals surface area contributed by atoms with E-state index in [0.717, 1.165) is 5.56 Å². The molecule has 2 nitrogen and oxygen atoms in total. The average molecular weight is 250 g/mol. The van der Waals surface area contributed by atoms with Crippen LogP contribution in [0, 0.1) is 0 Å². The molecule has 1 aromatic carbocycles. The normalized spacial score (nSPS) is 11.2. The molecule has 5 heteroatoms. The number of halogens is 3. The van der Waals surface area contributed by atoms with Gasteiger partial charge in [-0.15, -0.1) is 0 Å². The fourth-order valence-electron chi connectivity index (χ4n) is 1.17. The van der Waals surface area contributed by atoms with Gasteiger partial charge in [-0.1, -0.05) is 31.5 Å². The van der Waals surface area contributed by atoms with Crippen LogP contribution >= 0.6 is 11.6 Å². The smallest absolute Gasteiger partial charge is 0.387 e. The van der Waals surface area contributed by atoms with Crippen molar-refractivity contribution >= 4 is 11.6 Å². The van der Waals surface area contributed by atoms with Gasteiger partial charge in [0.2, 0.25) is 0 Å². The van der Waals surface area contributed by atoms with Gasteiger partial charge >= 0.3 is 6.61 Å². The summed E-state index contributed by atoms with van der Waals surface area (Å²) in [7, 11) is 0. The maximum absolute atomic E-state index is 12.0. The number of nitrogens with one attached hydrogen (secondary N) is 1. The van der Waals surface area contributed by atoms with E-state index in [-0.39, 0.29) is 10.8 Å². The molecule has 1 N–H and O–H groups in total. The summed E-state index contributed by atoms with van der Waals surface area (Å²) in [5.74, 6) is 0.00460. The summed E-state index contributed by atoms with van der Waals surface area (Å²) >= 11 is 5.80. The van der Waals surface area contributed by atoms with Gasteiger partial charge in [-0.2, -0.15) is 8.78 Å². The molecule has 0 heterocycles. The Bertz CT molecular complexity index is 345. The van der Waals surface area contributed by atoms with Crippen LogP contribution in [0.15, 0.2) is 18.2 Å². The molecule has 0 aromatic heterocycles. The SMILES string of the molecule is CC(C)NCc1ccc(OC(F)F)c(Cl)c1. The maximum atomic E-state index is 12.0. The van der Waals surface area contributed by atoms with Crippen molar-refractivity contribution in [3.8, 4) is 5.75 Å². The van der Waals surface area contributed by atoms with Gasteiger partial charge in [-0.05, 0) is 17.7 Å². The van der Waals surface area contributed by atoms with Crippen LogP contribution in [0.3, 0.4) is 0 Å². The highest BCUT2D eigenvalue weighted by Gasteiger charge is 2.08. The minimum atomic E-state index is -2.85. The lowest BCUT2D eigenvalue weighted by Gasteiger charge is -2.10. The molecule has 0 saturated carbocycles. The minimum Gasteiger partial charge on any atom is -0.433 e. The van der Waals surface area contributed by atoms with Gasteiger partial charge in [0.15, 0.2) is 0 Å². The Labute approximate surface area is 98.6 Å². The van der Waals surface area contributed by atoms with Gasteiger partial charge in [0.25, 0.3) is 0 Å². The quantitative estimate of drug-likeness (QED) is 0.863. The van der Waals surface area contributed by atoms with Crippen LogP contribution in [-0.2, 0) is 6.54 Å². The van der Waals surface area contributed by atoms with Crippen LogP contribution in [-0.4, -0.2) is 12.7 Å². The summed E-state index contributed by atoms with van der Waals surface area (Å²) in [6, 6.07) is 5.13. The standard InChI is InChI=1S/C11H14ClF2NO/c1-7(2)15-6-8-3-4-10(9(12)5-8)16-11(13)14/h3-5,7,11,15H,6H2,1-2H3. The van der Waals surface area contributed by atoms with Gasteiger partial charge < -0.3 is 10.1 Å². The minimum absolute atomic E-state index is 0.00460. The van der Waals surface area contributed by atoms with Crippen molar-refractivity contribution < 1.29 is 13.5 Å². The van der Waals surface area contributed by atoms with E-state index in [0.29, 0.717) is 12.6 Å². The Balaban J connectivity index is 2.67. The number of hydrogen-bond acceptors (Lipinski definition) is 2. The summed E-state index contributed by atoms with van der Waals surface area (Å²) < 4.78 is 28.2. The number of benzene rings is 1. The lowest BCUT2D eigenvalue weighted by molar-refractivity contribution is -0.0497. The molecule has 0 spiro atoms. The van der Waals surface area contributed by atoms with Crippen molar-refractivity contribution in [2.45, 2.75) is 33.0 Å². The second-order valence-corrected chi connectivity index (χ2v) is 4.09. The van der Waals surface area contributed by atoms with E-state index in [4.69, 9.17) is 11.6 Å². The first-order valence-corrected chi connectivity index (χ1v) is 5.33. The first-order valence-electron chi connectivity index (χ1n) is 4.95. The summed E-state index contributed by atoms with van der Waals surface area (Å²) in [4.78, 5) is 0. The Morgan fingerprint density at radius 2 is 2.06 bits per heavy atom. The summed E-state index contributed by atoms with van der Waals surface area (Å²) in [5, 5.41) is 3.40. The van der Waals surface area contributed by atoms with Crippen molar-refractivity contribution in [1.29, 1.82) is 0 Å². The fraction of sp³-hybridized carbons (Fsp3) is 0.455. The summed E-state index contributed by atoms with van der Waals surface area (Å²) in [5.41, 5.74) is 0.931. The van der Waals surface area contributed by atoms with E-state index in [2.05, 4.69) is 10.1 Å². The third-order valence-corrected chi connectivity index (χ3v) is 2.22. The molecule has 0 aliphatic carbocycles. The highest BCUT2D eigenvalue weighted by atomic mass is 35.5. The van der Waals surface area contributed by atoms with E-state index in [1.165, 1.54) is 6.07 Å². The zero-order valence-electron chi connectivity index (χ0n) is 9.14. The Kier molecular flexibility index (Phi) is 4.96. The summed E-state index contributed by atoms with van der Waals surface area (Å²) in [6.45, 7) is 1.84. The van der Waals surface area contributed by atoms with Crippen molar-refractivity contribution in [1.82, 2.24) is 5.32 Å². The van der Waals surface area contributed by atoms with Crippen LogP contribution in [0.1, 0.15) is 19.4 Å². The molecule has 1 aromatic rings. The van der Waals surface area contributed by atoms with Crippen molar-refractivity contribution in [2.24, 2.45) is 0 Å². The predicted octanol–water partition coefficient (Wildman–Crippen LogP) is 3.44. The molecular weight excluding hydrogens is 236 g/mol. The lowest BCUT2D eigenvalue weighted by atomic mass is 10.2. The van der Waals surface area contributed by atoms with Crippen LogP contribution in [0.25, 0.3) is 0 Å². The van der Waals surface area contributed by atoms with E-state index in [9.17, 15) is 8.78 Å². The molecule has 90 valence electrons. The highest BCUT2D eigenvalue weighted by molar-refractivity contribution is 6.32. The van der Waals surface area contributed by atoms with Crippen LogP contribution in [0.2, 0.25) is 5.02 Å². The molecule has 16 heavy (non-hydrogen) atoms. The molecule has 0 aliphatic rings. The van der Waals surface area contributed by atoms with E-state index in [1.54, 1.807) is 12.1 Å². The molecule has 0 radical (unpaired) electrons. The fourth-order valence-corrected chi connectivity index (χ4v) is 1.42. The third-order valence-electron chi connectivity index (χ3n) is 1.93. The largest absolute Gasteiger partial charge is 0.433 e. The zero-order valence-corrected chi connectivity index (χ0v) is 9.89. The number of rotatable bonds is 5. The predicted molar refractivity (Wildman–Crippen MR) is 60.1 cm³/mol. The monoisotopic (exact) mass is 249 g/mol. The third kappa shape index (κ3) is 4.33. The molecule has 0 amide bonds. The first kappa shape index (κ1) is 13.2. The summed E-state index contributed by atoms with van der Waals surface area (Å²) in [6.07, 6.45) is 0. The molecule has 0 saturated heterocycles. The Morgan fingerprint density at radius 1 is 1.38 bits per heavy atom. The molecule has 0 atom stereocenters. The molecule has 0 aliphatic heterocycles. The van der Waals surface area contributed by atoms with Gasteiger partial charge in [0.1, 0.15) is 5.75 Å². The Hall–Kier alpha value is -0.870.